The number of hydrogen-bond donors (Lipinski definition) is 1. The van der Waals surface area contributed by atoms with Gasteiger partial charge in [-0.25, -0.2) is 0 Å². The third kappa shape index (κ3) is 3.02. The Morgan fingerprint density at radius 3 is 1.47 bits per heavy atom. The van der Waals surface area contributed by atoms with Gasteiger partial charge < -0.3 is 5.11 Å². The van der Waals surface area contributed by atoms with Crippen LogP contribution < -0.4 is 0 Å². The fourth-order valence-corrected chi connectivity index (χ4v) is 2.04. The summed E-state index contributed by atoms with van der Waals surface area (Å²) in [6.07, 6.45) is 1.01. The van der Waals surface area contributed by atoms with Gasteiger partial charge in [0.25, 0.3) is 0 Å². The second-order valence-electron chi connectivity index (χ2n) is 6.89. The summed E-state index contributed by atoms with van der Waals surface area (Å²) in [5.41, 5.74) is 3.38. The van der Waals surface area contributed by atoms with Crippen molar-refractivity contribution in [1.82, 2.24) is 0 Å². The van der Waals surface area contributed by atoms with Gasteiger partial charge in [0.1, 0.15) is 5.75 Å². The van der Waals surface area contributed by atoms with Gasteiger partial charge >= 0.3 is 0 Å². The van der Waals surface area contributed by atoms with Crippen LogP contribution in [0.2, 0.25) is 0 Å². The molecule has 0 fully saturated rings. The fraction of sp³-hybridized carbons (Fsp3) is 0.625. The minimum Gasteiger partial charge on any atom is -0.507 e. The van der Waals surface area contributed by atoms with Crippen molar-refractivity contribution in [3.8, 4) is 5.75 Å². The molecule has 0 aromatic heterocycles. The average Bonchev–Trinajstić information content (AvgIpc) is 2.14. The molecule has 0 amide bonds. The van der Waals surface area contributed by atoms with E-state index in [0.29, 0.717) is 5.75 Å². The number of phenols is 1. The Bertz CT molecular complexity index is 368. The van der Waals surface area contributed by atoms with Crippen molar-refractivity contribution >= 4 is 0 Å². The summed E-state index contributed by atoms with van der Waals surface area (Å²) >= 11 is 0. The highest BCUT2D eigenvalue weighted by molar-refractivity contribution is 5.49. The van der Waals surface area contributed by atoms with Gasteiger partial charge in [-0.3, -0.25) is 0 Å². The maximum absolute atomic E-state index is 10.5. The van der Waals surface area contributed by atoms with Crippen LogP contribution in [0.3, 0.4) is 0 Å². The lowest BCUT2D eigenvalue weighted by atomic mass is 9.78. The zero-order valence-electron chi connectivity index (χ0n) is 12.3. The predicted molar refractivity (Wildman–Crippen MR) is 74.9 cm³/mol. The summed E-state index contributed by atoms with van der Waals surface area (Å²) in [6.45, 7) is 15.0. The molecule has 1 aromatic rings. The number of hydrogen-bond acceptors (Lipinski definition) is 1. The Labute approximate surface area is 106 Å². The SMILES string of the molecule is CCc1cc(C(C)(C)C)c(O)c(C(C)(C)C)c1. The Hall–Kier alpha value is -0.980. The second-order valence-corrected chi connectivity index (χ2v) is 6.89. The molecule has 96 valence electrons. The molecule has 0 aliphatic rings. The van der Waals surface area contributed by atoms with Crippen molar-refractivity contribution < 1.29 is 5.11 Å². The van der Waals surface area contributed by atoms with E-state index >= 15 is 0 Å². The van der Waals surface area contributed by atoms with Crippen LogP contribution in [0.4, 0.5) is 0 Å². The molecule has 17 heavy (non-hydrogen) atoms. The van der Waals surface area contributed by atoms with Crippen molar-refractivity contribution in [2.75, 3.05) is 0 Å². The number of rotatable bonds is 1. The first-order valence-electron chi connectivity index (χ1n) is 6.44. The van der Waals surface area contributed by atoms with E-state index in [2.05, 4.69) is 60.6 Å². The molecule has 0 radical (unpaired) electrons. The summed E-state index contributed by atoms with van der Waals surface area (Å²) in [7, 11) is 0. The van der Waals surface area contributed by atoms with Gasteiger partial charge in [-0.2, -0.15) is 0 Å². The van der Waals surface area contributed by atoms with E-state index in [4.69, 9.17) is 0 Å². The quantitative estimate of drug-likeness (QED) is 0.756. The van der Waals surface area contributed by atoms with Crippen LogP contribution in [0.5, 0.6) is 5.75 Å². The zero-order valence-corrected chi connectivity index (χ0v) is 12.3. The molecule has 0 saturated carbocycles. The molecule has 0 bridgehead atoms. The minimum absolute atomic E-state index is 0.0186. The topological polar surface area (TPSA) is 20.2 Å². The molecule has 1 rings (SSSR count). The van der Waals surface area contributed by atoms with Gasteiger partial charge in [0.15, 0.2) is 0 Å². The van der Waals surface area contributed by atoms with Crippen molar-refractivity contribution in [1.29, 1.82) is 0 Å². The molecule has 1 N–H and O–H groups in total. The molecule has 0 atom stereocenters. The molecule has 0 aliphatic carbocycles. The van der Waals surface area contributed by atoms with Crippen LogP contribution in [0.1, 0.15) is 65.2 Å². The molecule has 0 heterocycles. The third-order valence-electron chi connectivity index (χ3n) is 3.19. The largest absolute Gasteiger partial charge is 0.507 e. The molecule has 0 spiro atoms. The lowest BCUT2D eigenvalue weighted by Gasteiger charge is -2.28. The van der Waals surface area contributed by atoms with Crippen LogP contribution in [0, 0.1) is 0 Å². The minimum atomic E-state index is -0.0186. The molecule has 1 nitrogen and oxygen atoms in total. The van der Waals surface area contributed by atoms with Gasteiger partial charge in [-0.05, 0) is 33.9 Å². The first kappa shape index (κ1) is 14.1. The summed E-state index contributed by atoms with van der Waals surface area (Å²) in [6, 6.07) is 4.29. The monoisotopic (exact) mass is 234 g/mol. The van der Waals surface area contributed by atoms with Gasteiger partial charge in [0.05, 0.1) is 0 Å². The Balaban J connectivity index is 3.53. The van der Waals surface area contributed by atoms with Crippen molar-refractivity contribution in [3.05, 3.63) is 28.8 Å². The van der Waals surface area contributed by atoms with Gasteiger partial charge in [-0.15, -0.1) is 0 Å². The highest BCUT2D eigenvalue weighted by Crippen LogP contribution is 2.39. The molecule has 0 saturated heterocycles. The standard InChI is InChI=1S/C16H26O/c1-8-11-9-12(15(2,3)4)14(17)13(10-11)16(5,6)7/h9-10,17H,8H2,1-7H3. The smallest absolute Gasteiger partial charge is 0.123 e. The van der Waals surface area contributed by atoms with E-state index in [9.17, 15) is 5.11 Å². The fourth-order valence-electron chi connectivity index (χ4n) is 2.04. The molecule has 1 heteroatoms. The first-order valence-corrected chi connectivity index (χ1v) is 6.44. The van der Waals surface area contributed by atoms with E-state index in [1.54, 1.807) is 0 Å². The van der Waals surface area contributed by atoms with E-state index in [1.807, 2.05) is 0 Å². The predicted octanol–water partition coefficient (Wildman–Crippen LogP) is 4.55. The van der Waals surface area contributed by atoms with E-state index in [0.717, 1.165) is 17.5 Å². The summed E-state index contributed by atoms with van der Waals surface area (Å²) in [4.78, 5) is 0. The van der Waals surface area contributed by atoms with Gasteiger partial charge in [0, 0.05) is 0 Å². The highest BCUT2D eigenvalue weighted by atomic mass is 16.3. The zero-order chi connectivity index (χ0) is 13.4. The van der Waals surface area contributed by atoms with Crippen LogP contribution in [0.15, 0.2) is 12.1 Å². The molecular formula is C16H26O. The molecule has 0 aliphatic heterocycles. The third-order valence-corrected chi connectivity index (χ3v) is 3.19. The number of phenolic OH excluding ortho intramolecular Hbond substituents is 1. The van der Waals surface area contributed by atoms with E-state index in [1.165, 1.54) is 5.56 Å². The summed E-state index contributed by atoms with van der Waals surface area (Å²) in [5, 5.41) is 10.5. The maximum atomic E-state index is 10.5. The Morgan fingerprint density at radius 1 is 0.882 bits per heavy atom. The van der Waals surface area contributed by atoms with E-state index < -0.39 is 0 Å². The Morgan fingerprint density at radius 2 is 1.24 bits per heavy atom. The Kier molecular flexibility index (Phi) is 3.61. The second kappa shape index (κ2) is 4.36. The van der Waals surface area contributed by atoms with Crippen molar-refractivity contribution in [2.24, 2.45) is 0 Å². The van der Waals surface area contributed by atoms with Crippen molar-refractivity contribution in [3.63, 3.8) is 0 Å². The van der Waals surface area contributed by atoms with E-state index in [-0.39, 0.29) is 10.8 Å². The molecule has 0 unspecified atom stereocenters. The van der Waals surface area contributed by atoms with Crippen LogP contribution in [0.25, 0.3) is 0 Å². The molecule has 1 aromatic carbocycles. The van der Waals surface area contributed by atoms with Crippen LogP contribution >= 0.6 is 0 Å². The number of aryl methyl sites for hydroxylation is 1. The first-order chi connectivity index (χ1) is 7.57. The van der Waals surface area contributed by atoms with Gasteiger partial charge in [0.2, 0.25) is 0 Å². The summed E-state index contributed by atoms with van der Waals surface area (Å²) in [5.74, 6) is 0.474. The lowest BCUT2D eigenvalue weighted by molar-refractivity contribution is 0.422. The highest BCUT2D eigenvalue weighted by Gasteiger charge is 2.26. The van der Waals surface area contributed by atoms with Crippen LogP contribution in [-0.4, -0.2) is 5.11 Å². The summed E-state index contributed by atoms with van der Waals surface area (Å²) < 4.78 is 0. The van der Waals surface area contributed by atoms with Crippen LogP contribution in [-0.2, 0) is 17.3 Å². The number of benzene rings is 1. The average molecular weight is 234 g/mol. The maximum Gasteiger partial charge on any atom is 0.123 e. The van der Waals surface area contributed by atoms with Crippen molar-refractivity contribution in [2.45, 2.75) is 65.7 Å². The molecular weight excluding hydrogens is 208 g/mol. The van der Waals surface area contributed by atoms with Gasteiger partial charge in [-0.1, -0.05) is 60.6 Å². The normalized spacial score (nSPS) is 12.9. The lowest BCUT2D eigenvalue weighted by Crippen LogP contribution is -2.17. The number of aromatic hydroxyl groups is 1.